The van der Waals surface area contributed by atoms with Crippen molar-refractivity contribution in [1.82, 2.24) is 10.3 Å². The van der Waals surface area contributed by atoms with E-state index in [1.54, 1.807) is 6.20 Å². The van der Waals surface area contributed by atoms with Gasteiger partial charge in [-0.25, -0.2) is 0 Å². The molecule has 0 saturated heterocycles. The topological polar surface area (TPSA) is 42.0 Å². The number of fused-ring (bicyclic) bond motifs is 1. The van der Waals surface area contributed by atoms with E-state index in [2.05, 4.69) is 10.3 Å². The summed E-state index contributed by atoms with van der Waals surface area (Å²) in [5.74, 6) is 1.59. The zero-order valence-corrected chi connectivity index (χ0v) is 13.5. The van der Waals surface area contributed by atoms with Crippen molar-refractivity contribution in [3.05, 3.63) is 64.9 Å². The maximum absolute atomic E-state index is 12.7. The van der Waals surface area contributed by atoms with Gasteiger partial charge in [-0.2, -0.15) is 0 Å². The standard InChI is InChI=1S/C19H19ClN2O/c20-13-6-3-5-12(11-13)18(16-9-1-2-10-21-16)22-19(23)17-14-7-4-8-15(14)17/h1-3,5-6,9-11,14-15,17-18H,4,7-8H2,(H,22,23)/t14-,15-,18-/m1/s1. The molecule has 2 aliphatic carbocycles. The van der Waals surface area contributed by atoms with Crippen LogP contribution in [0.5, 0.6) is 0 Å². The smallest absolute Gasteiger partial charge is 0.224 e. The molecule has 3 atom stereocenters. The van der Waals surface area contributed by atoms with Crippen molar-refractivity contribution in [3.63, 3.8) is 0 Å². The molecule has 1 aromatic carbocycles. The number of aromatic nitrogens is 1. The van der Waals surface area contributed by atoms with Crippen LogP contribution in [-0.2, 0) is 4.79 Å². The molecule has 0 spiro atoms. The molecule has 118 valence electrons. The first-order valence-electron chi connectivity index (χ1n) is 8.21. The SMILES string of the molecule is O=C(N[C@H](c1cccc(Cl)c1)c1ccccn1)C1[C@@H]2CCC[C@@H]12. The van der Waals surface area contributed by atoms with E-state index in [4.69, 9.17) is 11.6 Å². The van der Waals surface area contributed by atoms with Crippen LogP contribution in [0.1, 0.15) is 36.6 Å². The van der Waals surface area contributed by atoms with Gasteiger partial charge in [0.25, 0.3) is 0 Å². The number of halogens is 1. The molecule has 1 amide bonds. The van der Waals surface area contributed by atoms with E-state index >= 15 is 0 Å². The van der Waals surface area contributed by atoms with Crippen molar-refractivity contribution >= 4 is 17.5 Å². The molecule has 2 aliphatic rings. The van der Waals surface area contributed by atoms with E-state index in [-0.39, 0.29) is 17.9 Å². The summed E-state index contributed by atoms with van der Waals surface area (Å²) in [5, 5.41) is 3.87. The maximum atomic E-state index is 12.7. The molecule has 0 radical (unpaired) electrons. The quantitative estimate of drug-likeness (QED) is 0.923. The molecule has 3 nitrogen and oxygen atoms in total. The van der Waals surface area contributed by atoms with Gasteiger partial charge in [0.2, 0.25) is 5.91 Å². The Bertz CT molecular complexity index is 708. The number of rotatable bonds is 4. The molecular weight excluding hydrogens is 308 g/mol. The highest BCUT2D eigenvalue weighted by Gasteiger charge is 2.56. The number of amides is 1. The van der Waals surface area contributed by atoms with Crippen LogP contribution >= 0.6 is 11.6 Å². The molecule has 4 heteroatoms. The van der Waals surface area contributed by atoms with E-state index in [1.807, 2.05) is 42.5 Å². The van der Waals surface area contributed by atoms with Crippen molar-refractivity contribution < 1.29 is 4.79 Å². The monoisotopic (exact) mass is 326 g/mol. The molecule has 0 aliphatic heterocycles. The zero-order chi connectivity index (χ0) is 15.8. The Hall–Kier alpha value is -1.87. The second kappa shape index (κ2) is 5.97. The van der Waals surface area contributed by atoms with Gasteiger partial charge in [0.05, 0.1) is 11.7 Å². The highest BCUT2D eigenvalue weighted by atomic mass is 35.5. The largest absolute Gasteiger partial charge is 0.343 e. The number of pyridine rings is 1. The van der Waals surface area contributed by atoms with Crippen LogP contribution in [0.4, 0.5) is 0 Å². The summed E-state index contributed by atoms with van der Waals surface area (Å²) in [7, 11) is 0. The molecule has 2 saturated carbocycles. The minimum atomic E-state index is -0.247. The van der Waals surface area contributed by atoms with Gasteiger partial charge in [0.1, 0.15) is 0 Å². The third kappa shape index (κ3) is 2.86. The normalized spacial score (nSPS) is 26.4. The first-order valence-corrected chi connectivity index (χ1v) is 8.58. The molecule has 1 heterocycles. The van der Waals surface area contributed by atoms with Gasteiger partial charge in [-0.15, -0.1) is 0 Å². The van der Waals surface area contributed by atoms with Gasteiger partial charge >= 0.3 is 0 Å². The molecule has 4 rings (SSSR count). The van der Waals surface area contributed by atoms with Crippen LogP contribution in [0.3, 0.4) is 0 Å². The number of carbonyl (C=O) groups excluding carboxylic acids is 1. The number of nitrogens with zero attached hydrogens (tertiary/aromatic N) is 1. The lowest BCUT2D eigenvalue weighted by atomic mass is 10.0. The lowest BCUT2D eigenvalue weighted by Gasteiger charge is -2.19. The fourth-order valence-corrected chi connectivity index (χ4v) is 4.21. The number of carbonyl (C=O) groups is 1. The third-order valence-corrected chi connectivity index (χ3v) is 5.40. The van der Waals surface area contributed by atoms with Gasteiger partial charge in [-0.1, -0.05) is 36.2 Å². The van der Waals surface area contributed by atoms with Gasteiger partial charge < -0.3 is 5.32 Å². The Kier molecular flexibility index (Phi) is 3.82. The van der Waals surface area contributed by atoms with Crippen LogP contribution in [0.2, 0.25) is 5.02 Å². The van der Waals surface area contributed by atoms with E-state index in [0.29, 0.717) is 16.9 Å². The summed E-state index contributed by atoms with van der Waals surface area (Å²) < 4.78 is 0. The number of nitrogens with one attached hydrogen (secondary N) is 1. The molecule has 0 bridgehead atoms. The zero-order valence-electron chi connectivity index (χ0n) is 12.8. The molecule has 1 aromatic heterocycles. The Labute approximate surface area is 141 Å². The molecule has 2 aromatic rings. The van der Waals surface area contributed by atoms with Crippen molar-refractivity contribution in [2.24, 2.45) is 17.8 Å². The average Bonchev–Trinajstić information content (AvgIpc) is 3.06. The Balaban J connectivity index is 1.59. The maximum Gasteiger partial charge on any atom is 0.224 e. The number of benzene rings is 1. The summed E-state index contributed by atoms with van der Waals surface area (Å²) in [6.07, 6.45) is 5.43. The number of hydrogen-bond acceptors (Lipinski definition) is 2. The highest BCUT2D eigenvalue weighted by Crippen LogP contribution is 2.57. The summed E-state index contributed by atoms with van der Waals surface area (Å²) in [6.45, 7) is 0. The minimum Gasteiger partial charge on any atom is -0.343 e. The lowest BCUT2D eigenvalue weighted by Crippen LogP contribution is -2.32. The average molecular weight is 327 g/mol. The summed E-state index contributed by atoms with van der Waals surface area (Å²) >= 11 is 6.13. The van der Waals surface area contributed by atoms with E-state index in [0.717, 1.165) is 11.3 Å². The second-order valence-electron chi connectivity index (χ2n) is 6.54. The highest BCUT2D eigenvalue weighted by molar-refractivity contribution is 6.30. The molecule has 1 N–H and O–H groups in total. The molecule has 2 fully saturated rings. The van der Waals surface area contributed by atoms with Gasteiger partial charge in [-0.05, 0) is 54.5 Å². The van der Waals surface area contributed by atoms with Crippen LogP contribution in [-0.4, -0.2) is 10.9 Å². The molecule has 23 heavy (non-hydrogen) atoms. The Morgan fingerprint density at radius 1 is 1.17 bits per heavy atom. The predicted octanol–water partition coefficient (Wildman–Crippen LogP) is 3.99. The van der Waals surface area contributed by atoms with E-state index in [1.165, 1.54) is 19.3 Å². The van der Waals surface area contributed by atoms with Crippen LogP contribution in [0.15, 0.2) is 48.7 Å². The number of hydrogen-bond donors (Lipinski definition) is 1. The summed E-state index contributed by atoms with van der Waals surface area (Å²) in [6, 6.07) is 13.2. The van der Waals surface area contributed by atoms with Crippen molar-refractivity contribution in [1.29, 1.82) is 0 Å². The van der Waals surface area contributed by atoms with Gasteiger partial charge in [0, 0.05) is 17.1 Å². The van der Waals surface area contributed by atoms with Crippen LogP contribution in [0.25, 0.3) is 0 Å². The van der Waals surface area contributed by atoms with Crippen molar-refractivity contribution in [2.75, 3.05) is 0 Å². The van der Waals surface area contributed by atoms with Crippen LogP contribution in [0, 0.1) is 17.8 Å². The van der Waals surface area contributed by atoms with E-state index in [9.17, 15) is 4.79 Å². The van der Waals surface area contributed by atoms with Gasteiger partial charge in [-0.3, -0.25) is 9.78 Å². The first kappa shape index (κ1) is 14.7. The van der Waals surface area contributed by atoms with Gasteiger partial charge in [0.15, 0.2) is 0 Å². The fourth-order valence-electron chi connectivity index (χ4n) is 4.01. The van der Waals surface area contributed by atoms with Crippen molar-refractivity contribution in [3.8, 4) is 0 Å². The summed E-state index contributed by atoms with van der Waals surface area (Å²) in [5.41, 5.74) is 1.81. The minimum absolute atomic E-state index is 0.162. The molecular formula is C19H19ClN2O. The lowest BCUT2D eigenvalue weighted by molar-refractivity contribution is -0.123. The molecule has 0 unspecified atom stereocenters. The second-order valence-corrected chi connectivity index (χ2v) is 6.97. The first-order chi connectivity index (χ1) is 11.2. The third-order valence-electron chi connectivity index (χ3n) is 5.16. The van der Waals surface area contributed by atoms with E-state index < -0.39 is 0 Å². The predicted molar refractivity (Wildman–Crippen MR) is 90.0 cm³/mol. The van der Waals surface area contributed by atoms with Crippen molar-refractivity contribution in [2.45, 2.75) is 25.3 Å². The summed E-state index contributed by atoms with van der Waals surface area (Å²) in [4.78, 5) is 17.1. The fraction of sp³-hybridized carbons (Fsp3) is 0.368. The Morgan fingerprint density at radius 2 is 2.00 bits per heavy atom. The van der Waals surface area contributed by atoms with Crippen LogP contribution < -0.4 is 5.32 Å². The Morgan fingerprint density at radius 3 is 2.70 bits per heavy atom.